The number of aromatic nitrogens is 2. The molecule has 0 unspecified atom stereocenters. The summed E-state index contributed by atoms with van der Waals surface area (Å²) >= 11 is 0. The van der Waals surface area contributed by atoms with Crippen molar-refractivity contribution in [1.82, 2.24) is 9.55 Å². The summed E-state index contributed by atoms with van der Waals surface area (Å²) in [5, 5.41) is 11.3. The Labute approximate surface area is 128 Å². The Morgan fingerprint density at radius 2 is 2.00 bits per heavy atom. The first-order valence-electron chi connectivity index (χ1n) is 7.10. The first kappa shape index (κ1) is 16.1. The summed E-state index contributed by atoms with van der Waals surface area (Å²) in [5.41, 5.74) is 1.16. The van der Waals surface area contributed by atoms with Crippen molar-refractivity contribution in [2.45, 2.75) is 27.1 Å². The minimum Gasteiger partial charge on any atom is -0.348 e. The van der Waals surface area contributed by atoms with Gasteiger partial charge < -0.3 is 14.0 Å². The summed E-state index contributed by atoms with van der Waals surface area (Å²) in [4.78, 5) is 15.0. The van der Waals surface area contributed by atoms with Gasteiger partial charge in [-0.1, -0.05) is 0 Å². The van der Waals surface area contributed by atoms with Crippen LogP contribution >= 0.6 is 0 Å². The zero-order valence-corrected chi connectivity index (χ0v) is 12.9. The molecule has 0 bridgehead atoms. The Balaban J connectivity index is 2.52. The van der Waals surface area contributed by atoms with Crippen LogP contribution in [0.3, 0.4) is 0 Å². The molecule has 0 fully saturated rings. The van der Waals surface area contributed by atoms with Crippen LogP contribution in [0.4, 0.5) is 5.69 Å². The van der Waals surface area contributed by atoms with Crippen molar-refractivity contribution < 1.29 is 14.4 Å². The van der Waals surface area contributed by atoms with Crippen molar-refractivity contribution in [3.63, 3.8) is 0 Å². The standard InChI is InChI=1S/C15H19N3O4/c1-4-21-15(22-5-2)13-10-12(6-7-14(13)18(19)20)17-9-8-16-11(17)3/h6-10,15H,4-5H2,1-3H3. The fraction of sp³-hybridized carbons (Fsp3) is 0.400. The molecule has 0 radical (unpaired) electrons. The van der Waals surface area contributed by atoms with Crippen LogP contribution < -0.4 is 0 Å². The normalized spacial score (nSPS) is 11.1. The topological polar surface area (TPSA) is 79.4 Å². The lowest BCUT2D eigenvalue weighted by Crippen LogP contribution is -2.12. The molecule has 7 heteroatoms. The third kappa shape index (κ3) is 3.32. The van der Waals surface area contributed by atoms with Crippen LogP contribution in [0.1, 0.15) is 31.5 Å². The van der Waals surface area contributed by atoms with Crippen molar-refractivity contribution in [2.24, 2.45) is 0 Å². The molecule has 118 valence electrons. The summed E-state index contributed by atoms with van der Waals surface area (Å²) in [6, 6.07) is 4.86. The van der Waals surface area contributed by atoms with Crippen molar-refractivity contribution in [1.29, 1.82) is 0 Å². The predicted molar refractivity (Wildman–Crippen MR) is 80.9 cm³/mol. The van der Waals surface area contributed by atoms with E-state index in [0.29, 0.717) is 18.8 Å². The van der Waals surface area contributed by atoms with Gasteiger partial charge >= 0.3 is 0 Å². The van der Waals surface area contributed by atoms with E-state index in [2.05, 4.69) is 4.98 Å². The van der Waals surface area contributed by atoms with Gasteiger partial charge in [-0.15, -0.1) is 0 Å². The lowest BCUT2D eigenvalue weighted by molar-refractivity contribution is -0.387. The molecular formula is C15H19N3O4. The maximum Gasteiger partial charge on any atom is 0.277 e. The maximum absolute atomic E-state index is 11.3. The molecule has 1 aromatic heterocycles. The van der Waals surface area contributed by atoms with E-state index in [9.17, 15) is 10.1 Å². The third-order valence-electron chi connectivity index (χ3n) is 3.20. The fourth-order valence-electron chi connectivity index (χ4n) is 2.23. The first-order valence-corrected chi connectivity index (χ1v) is 7.10. The molecule has 1 aromatic carbocycles. The van der Waals surface area contributed by atoms with E-state index in [-0.39, 0.29) is 5.69 Å². The van der Waals surface area contributed by atoms with Crippen molar-refractivity contribution >= 4 is 5.69 Å². The monoisotopic (exact) mass is 305 g/mol. The predicted octanol–water partition coefficient (Wildman–Crippen LogP) is 3.16. The molecule has 0 saturated heterocycles. The first-order chi connectivity index (χ1) is 10.6. The number of hydrogen-bond acceptors (Lipinski definition) is 5. The Hall–Kier alpha value is -2.25. The summed E-state index contributed by atoms with van der Waals surface area (Å²) in [6.07, 6.45) is 2.72. The van der Waals surface area contributed by atoms with Gasteiger partial charge in [0.2, 0.25) is 0 Å². The minimum atomic E-state index is -0.765. The number of imidazole rings is 1. The minimum absolute atomic E-state index is 0.0200. The second-order valence-corrected chi connectivity index (χ2v) is 4.59. The van der Waals surface area contributed by atoms with E-state index in [1.165, 1.54) is 6.07 Å². The Morgan fingerprint density at radius 3 is 2.50 bits per heavy atom. The van der Waals surface area contributed by atoms with Crippen LogP contribution in [0.5, 0.6) is 0 Å². The lowest BCUT2D eigenvalue weighted by Gasteiger charge is -2.18. The number of hydrogen-bond donors (Lipinski definition) is 0. The number of aryl methyl sites for hydroxylation is 1. The van der Waals surface area contributed by atoms with Gasteiger partial charge in [0.15, 0.2) is 6.29 Å². The quantitative estimate of drug-likeness (QED) is 0.446. The maximum atomic E-state index is 11.3. The van der Waals surface area contributed by atoms with Crippen LogP contribution in [0.2, 0.25) is 0 Å². The average Bonchev–Trinajstić information content (AvgIpc) is 2.92. The molecule has 1 heterocycles. The molecule has 2 aromatic rings. The lowest BCUT2D eigenvalue weighted by atomic mass is 10.1. The van der Waals surface area contributed by atoms with E-state index in [1.54, 1.807) is 24.5 Å². The SMILES string of the molecule is CCOC(OCC)c1cc(-n2ccnc2C)ccc1[N+](=O)[O-]. The Bertz CT molecular complexity index is 648. The summed E-state index contributed by atoms with van der Waals surface area (Å²) < 4.78 is 12.9. The average molecular weight is 305 g/mol. The van der Waals surface area contributed by atoms with Gasteiger partial charge in [-0.05, 0) is 32.9 Å². The van der Waals surface area contributed by atoms with Crippen molar-refractivity contribution in [3.05, 3.63) is 52.1 Å². The van der Waals surface area contributed by atoms with E-state index in [0.717, 1.165) is 11.5 Å². The van der Waals surface area contributed by atoms with E-state index >= 15 is 0 Å². The second-order valence-electron chi connectivity index (χ2n) is 4.59. The van der Waals surface area contributed by atoms with Crippen LogP contribution in [-0.4, -0.2) is 27.7 Å². The highest BCUT2D eigenvalue weighted by molar-refractivity contribution is 5.49. The summed E-state index contributed by atoms with van der Waals surface area (Å²) in [7, 11) is 0. The summed E-state index contributed by atoms with van der Waals surface area (Å²) in [5.74, 6) is 0.796. The van der Waals surface area contributed by atoms with Gasteiger partial charge in [0, 0.05) is 37.4 Å². The van der Waals surface area contributed by atoms with Crippen molar-refractivity contribution in [3.8, 4) is 5.69 Å². The van der Waals surface area contributed by atoms with Gasteiger partial charge in [0.05, 0.1) is 10.5 Å². The van der Waals surface area contributed by atoms with Gasteiger partial charge in [-0.25, -0.2) is 4.98 Å². The smallest absolute Gasteiger partial charge is 0.277 e. The van der Waals surface area contributed by atoms with Crippen LogP contribution in [-0.2, 0) is 9.47 Å². The highest BCUT2D eigenvalue weighted by Crippen LogP contribution is 2.31. The number of nitrogens with zero attached hydrogens (tertiary/aromatic N) is 3. The molecule has 2 rings (SSSR count). The molecule has 0 N–H and O–H groups in total. The summed E-state index contributed by atoms with van der Waals surface area (Å²) in [6.45, 7) is 6.30. The molecule has 0 atom stereocenters. The number of benzene rings is 1. The Morgan fingerprint density at radius 1 is 1.32 bits per heavy atom. The van der Waals surface area contributed by atoms with Crippen LogP contribution in [0, 0.1) is 17.0 Å². The largest absolute Gasteiger partial charge is 0.348 e. The number of ether oxygens (including phenoxy) is 2. The van der Waals surface area contributed by atoms with Crippen molar-refractivity contribution in [2.75, 3.05) is 13.2 Å². The van der Waals surface area contributed by atoms with Gasteiger partial charge in [-0.3, -0.25) is 10.1 Å². The second kappa shape index (κ2) is 7.15. The fourth-order valence-corrected chi connectivity index (χ4v) is 2.23. The molecule has 0 aliphatic rings. The third-order valence-corrected chi connectivity index (χ3v) is 3.20. The zero-order valence-electron chi connectivity index (χ0n) is 12.9. The van der Waals surface area contributed by atoms with E-state index in [1.807, 2.05) is 25.3 Å². The van der Waals surface area contributed by atoms with E-state index < -0.39 is 11.2 Å². The van der Waals surface area contributed by atoms with Gasteiger partial charge in [-0.2, -0.15) is 0 Å². The molecule has 0 amide bonds. The highest BCUT2D eigenvalue weighted by atomic mass is 16.7. The van der Waals surface area contributed by atoms with Crippen LogP contribution in [0.15, 0.2) is 30.6 Å². The number of nitro groups is 1. The van der Waals surface area contributed by atoms with Gasteiger partial charge in [0.25, 0.3) is 5.69 Å². The zero-order chi connectivity index (χ0) is 16.1. The Kier molecular flexibility index (Phi) is 5.24. The molecule has 7 nitrogen and oxygen atoms in total. The molecule has 0 aliphatic heterocycles. The molecule has 22 heavy (non-hydrogen) atoms. The molecular weight excluding hydrogens is 286 g/mol. The molecule has 0 aliphatic carbocycles. The molecule has 0 spiro atoms. The van der Waals surface area contributed by atoms with Gasteiger partial charge in [0.1, 0.15) is 5.82 Å². The highest BCUT2D eigenvalue weighted by Gasteiger charge is 2.24. The van der Waals surface area contributed by atoms with E-state index in [4.69, 9.17) is 9.47 Å². The molecule has 0 saturated carbocycles. The van der Waals surface area contributed by atoms with Crippen LogP contribution in [0.25, 0.3) is 5.69 Å². The number of rotatable bonds is 7. The number of nitro benzene ring substituents is 1.